The lowest BCUT2D eigenvalue weighted by atomic mass is 9.78. The first-order valence-electron chi connectivity index (χ1n) is 18.7. The van der Waals surface area contributed by atoms with Crippen LogP contribution in [0.2, 0.25) is 0 Å². The van der Waals surface area contributed by atoms with Crippen LogP contribution in [0.5, 0.6) is 23.0 Å². The summed E-state index contributed by atoms with van der Waals surface area (Å²) >= 11 is 0. The predicted octanol–water partition coefficient (Wildman–Crippen LogP) is 14.5. The van der Waals surface area contributed by atoms with Gasteiger partial charge in [-0.05, 0) is 109 Å². The second-order valence-corrected chi connectivity index (χ2v) is 14.2. The van der Waals surface area contributed by atoms with E-state index in [1.54, 1.807) is 0 Å². The molecule has 1 saturated carbocycles. The molecular formula is C48H36F2N2O2. The topological polar surface area (TPSA) is 24.9 Å². The molecule has 54 heavy (non-hydrogen) atoms. The summed E-state index contributed by atoms with van der Waals surface area (Å²) in [5.41, 5.74) is 10.5. The largest absolute Gasteiger partial charge is 0.453 e. The molecule has 3 aliphatic rings. The maximum absolute atomic E-state index is 14.7. The summed E-state index contributed by atoms with van der Waals surface area (Å²) in [5, 5.41) is 0. The SMILES string of the molecule is Fc1ccc(-c2cc(-c3ccc(F)cc3)c(N3c4ccccc4Oc4ccccc43)c(C3CCCCC3)c2N2c3ccccc3Oc3ccccc32)cc1. The van der Waals surface area contributed by atoms with Gasteiger partial charge < -0.3 is 19.3 Å². The molecule has 7 aromatic carbocycles. The average molecular weight is 711 g/mol. The number of benzene rings is 7. The van der Waals surface area contributed by atoms with Gasteiger partial charge in [-0.2, -0.15) is 0 Å². The number of hydrogen-bond acceptors (Lipinski definition) is 4. The fourth-order valence-electron chi connectivity index (χ4n) is 8.53. The zero-order chi connectivity index (χ0) is 36.2. The van der Waals surface area contributed by atoms with Gasteiger partial charge in [0, 0.05) is 16.7 Å². The summed E-state index contributed by atoms with van der Waals surface area (Å²) < 4.78 is 42.6. The molecule has 6 heteroatoms. The van der Waals surface area contributed by atoms with Crippen molar-refractivity contribution < 1.29 is 18.3 Å². The van der Waals surface area contributed by atoms with Crippen LogP contribution in [0.1, 0.15) is 43.6 Å². The highest BCUT2D eigenvalue weighted by atomic mass is 19.1. The summed E-state index contributed by atoms with van der Waals surface area (Å²) in [7, 11) is 0. The van der Waals surface area contributed by atoms with Crippen molar-refractivity contribution in [2.24, 2.45) is 0 Å². The first kappa shape index (κ1) is 32.3. The molecule has 0 radical (unpaired) electrons. The molecule has 2 aliphatic heterocycles. The van der Waals surface area contributed by atoms with E-state index in [0.717, 1.165) is 105 Å². The minimum atomic E-state index is -0.299. The van der Waals surface area contributed by atoms with Crippen molar-refractivity contribution in [3.8, 4) is 45.3 Å². The third kappa shape index (κ3) is 5.40. The summed E-state index contributed by atoms with van der Waals surface area (Å²) in [6, 6.07) is 48.5. The number of hydrogen-bond donors (Lipinski definition) is 0. The lowest BCUT2D eigenvalue weighted by Crippen LogP contribution is -2.24. The fraction of sp³-hybridized carbons (Fsp3) is 0.125. The van der Waals surface area contributed by atoms with E-state index < -0.39 is 0 Å². The van der Waals surface area contributed by atoms with Crippen molar-refractivity contribution in [1.29, 1.82) is 0 Å². The number of para-hydroxylation sites is 8. The molecule has 7 aromatic rings. The van der Waals surface area contributed by atoms with Gasteiger partial charge in [-0.25, -0.2) is 8.78 Å². The number of fused-ring (bicyclic) bond motifs is 4. The minimum absolute atomic E-state index is 0.160. The van der Waals surface area contributed by atoms with E-state index in [1.807, 2.05) is 97.1 Å². The van der Waals surface area contributed by atoms with Crippen molar-refractivity contribution in [2.75, 3.05) is 9.80 Å². The maximum atomic E-state index is 14.7. The lowest BCUT2D eigenvalue weighted by molar-refractivity contribution is 0.443. The highest BCUT2D eigenvalue weighted by Gasteiger charge is 2.38. The molecule has 0 unspecified atom stereocenters. The van der Waals surface area contributed by atoms with Gasteiger partial charge in [0.25, 0.3) is 0 Å². The van der Waals surface area contributed by atoms with Crippen LogP contribution in [-0.4, -0.2) is 0 Å². The van der Waals surface area contributed by atoms with Crippen LogP contribution in [-0.2, 0) is 0 Å². The van der Waals surface area contributed by atoms with Crippen LogP contribution in [0.4, 0.5) is 42.9 Å². The number of rotatable bonds is 5. The fourth-order valence-corrected chi connectivity index (χ4v) is 8.53. The zero-order valence-electron chi connectivity index (χ0n) is 29.5. The highest BCUT2D eigenvalue weighted by Crippen LogP contribution is 2.62. The van der Waals surface area contributed by atoms with Gasteiger partial charge in [0.05, 0.1) is 34.1 Å². The minimum Gasteiger partial charge on any atom is -0.453 e. The molecule has 264 valence electrons. The van der Waals surface area contributed by atoms with Gasteiger partial charge in [0.2, 0.25) is 0 Å². The van der Waals surface area contributed by atoms with E-state index in [2.05, 4.69) is 40.1 Å². The Morgan fingerprint density at radius 1 is 0.426 bits per heavy atom. The Labute approximate surface area is 313 Å². The number of nitrogens with zero attached hydrogens (tertiary/aromatic N) is 2. The Kier molecular flexibility index (Phi) is 7.90. The van der Waals surface area contributed by atoms with E-state index in [-0.39, 0.29) is 17.6 Å². The molecule has 0 bridgehead atoms. The molecule has 2 heterocycles. The Hall–Kier alpha value is -6.40. The Bertz CT molecular complexity index is 2270. The molecule has 0 aromatic heterocycles. The van der Waals surface area contributed by atoms with Gasteiger partial charge in [-0.3, -0.25) is 0 Å². The molecule has 0 spiro atoms. The van der Waals surface area contributed by atoms with Crippen LogP contribution in [0.3, 0.4) is 0 Å². The average Bonchev–Trinajstić information content (AvgIpc) is 3.22. The number of ether oxygens (including phenoxy) is 2. The molecule has 1 aliphatic carbocycles. The summed E-state index contributed by atoms with van der Waals surface area (Å²) in [5.74, 6) is 2.57. The van der Waals surface area contributed by atoms with E-state index in [9.17, 15) is 8.78 Å². The molecular weight excluding hydrogens is 675 g/mol. The van der Waals surface area contributed by atoms with E-state index in [4.69, 9.17) is 9.47 Å². The first-order chi connectivity index (χ1) is 26.6. The monoisotopic (exact) mass is 710 g/mol. The molecule has 0 atom stereocenters. The molecule has 0 N–H and O–H groups in total. The molecule has 0 saturated heterocycles. The summed E-state index contributed by atoms with van der Waals surface area (Å²) in [4.78, 5) is 4.71. The molecule has 4 nitrogen and oxygen atoms in total. The summed E-state index contributed by atoms with van der Waals surface area (Å²) in [6.07, 6.45) is 5.37. The van der Waals surface area contributed by atoms with E-state index in [0.29, 0.717) is 0 Å². The van der Waals surface area contributed by atoms with Crippen LogP contribution >= 0.6 is 0 Å². The molecule has 10 rings (SSSR count). The number of anilines is 6. The third-order valence-corrected chi connectivity index (χ3v) is 10.9. The Balaban J connectivity index is 1.41. The third-order valence-electron chi connectivity index (χ3n) is 10.9. The van der Waals surface area contributed by atoms with Crippen LogP contribution in [0.25, 0.3) is 22.3 Å². The Morgan fingerprint density at radius 3 is 1.15 bits per heavy atom. The van der Waals surface area contributed by atoms with Crippen molar-refractivity contribution in [1.82, 2.24) is 0 Å². The lowest BCUT2D eigenvalue weighted by Gasteiger charge is -2.42. The van der Waals surface area contributed by atoms with Crippen molar-refractivity contribution in [3.63, 3.8) is 0 Å². The molecule has 1 fully saturated rings. The molecule has 0 amide bonds. The smallest absolute Gasteiger partial charge is 0.151 e. The van der Waals surface area contributed by atoms with Crippen molar-refractivity contribution >= 4 is 34.1 Å². The first-order valence-corrected chi connectivity index (χ1v) is 18.7. The van der Waals surface area contributed by atoms with Gasteiger partial charge in [-0.15, -0.1) is 0 Å². The van der Waals surface area contributed by atoms with Crippen LogP contribution in [0, 0.1) is 11.6 Å². The normalized spacial score (nSPS) is 14.6. The standard InChI is InChI=1S/C48H36F2N2O2/c49-34-26-22-31(23-27-34)36-30-37(32-24-28-35(50)29-25-32)48(52-40-16-6-10-20-44(40)54-45-21-11-7-17-41(45)52)46(33-12-2-1-3-13-33)47(36)51-38-14-4-8-18-42(38)53-43-19-9-5-15-39(43)51/h4-11,14-30,33H,1-3,12-13H2. The highest BCUT2D eigenvalue weighted by molar-refractivity contribution is 6.04. The van der Waals surface area contributed by atoms with Gasteiger partial charge in [0.15, 0.2) is 23.0 Å². The van der Waals surface area contributed by atoms with E-state index >= 15 is 0 Å². The Morgan fingerprint density at radius 2 is 0.778 bits per heavy atom. The summed E-state index contributed by atoms with van der Waals surface area (Å²) in [6.45, 7) is 0. The predicted molar refractivity (Wildman–Crippen MR) is 213 cm³/mol. The van der Waals surface area contributed by atoms with Crippen molar-refractivity contribution in [2.45, 2.75) is 38.0 Å². The van der Waals surface area contributed by atoms with Crippen LogP contribution in [0.15, 0.2) is 152 Å². The van der Waals surface area contributed by atoms with Gasteiger partial charge in [-0.1, -0.05) is 92.1 Å². The van der Waals surface area contributed by atoms with Gasteiger partial charge in [0.1, 0.15) is 11.6 Å². The maximum Gasteiger partial charge on any atom is 0.151 e. The van der Waals surface area contributed by atoms with Crippen molar-refractivity contribution in [3.05, 3.63) is 169 Å². The second-order valence-electron chi connectivity index (χ2n) is 14.2. The van der Waals surface area contributed by atoms with Gasteiger partial charge >= 0.3 is 0 Å². The zero-order valence-corrected chi connectivity index (χ0v) is 29.5. The van der Waals surface area contributed by atoms with E-state index in [1.165, 1.54) is 36.2 Å². The second kappa shape index (κ2) is 13.2. The quantitative estimate of drug-likeness (QED) is 0.178. The number of halogens is 2. The van der Waals surface area contributed by atoms with Crippen LogP contribution < -0.4 is 19.3 Å².